The summed E-state index contributed by atoms with van der Waals surface area (Å²) in [5.41, 5.74) is 0. The molecule has 3 nitrogen and oxygen atoms in total. The molecule has 0 spiro atoms. The van der Waals surface area contributed by atoms with Crippen LogP contribution in [-0.2, 0) is 11.3 Å². The Morgan fingerprint density at radius 1 is 1.47 bits per heavy atom. The Kier molecular flexibility index (Phi) is 5.09. The second kappa shape index (κ2) is 6.36. The Labute approximate surface area is 119 Å². The maximum Gasteiger partial charge on any atom is 0.183 e. The van der Waals surface area contributed by atoms with Gasteiger partial charge in [0.1, 0.15) is 5.76 Å². The van der Waals surface area contributed by atoms with E-state index in [1.165, 1.54) is 0 Å². The topological polar surface area (TPSA) is 34.4 Å². The van der Waals surface area contributed by atoms with Crippen LogP contribution in [0.2, 0.25) is 0 Å². The van der Waals surface area contributed by atoms with Crippen LogP contribution >= 0.6 is 31.9 Å². The fourth-order valence-electron chi connectivity index (χ4n) is 2.24. The largest absolute Gasteiger partial charge is 0.452 e. The maximum atomic E-state index is 5.66. The van der Waals surface area contributed by atoms with E-state index in [0.29, 0.717) is 12.0 Å². The fourth-order valence-corrected chi connectivity index (χ4v) is 2.90. The summed E-state index contributed by atoms with van der Waals surface area (Å²) in [5, 5.41) is 3.43. The first-order valence-corrected chi connectivity index (χ1v) is 7.55. The molecule has 0 bridgehead atoms. The molecular formula is C12H17Br2NO2. The normalized spacial score (nSPS) is 24.4. The molecule has 1 N–H and O–H groups in total. The van der Waals surface area contributed by atoms with Gasteiger partial charge < -0.3 is 14.5 Å². The molecule has 1 aromatic rings. The first kappa shape index (κ1) is 13.6. The third-order valence-corrected chi connectivity index (χ3v) is 4.86. The van der Waals surface area contributed by atoms with E-state index in [1.807, 2.05) is 6.07 Å². The standard InChI is InChI=1S/C12H17Br2NO2/c1-2-11-8(3-4-16-11)6-15-7-9-5-10(13)12(14)17-9/h5,8,11,15H,2-4,6-7H2,1H3. The van der Waals surface area contributed by atoms with Crippen molar-refractivity contribution in [3.05, 3.63) is 21.0 Å². The Bertz CT molecular complexity index is 348. The van der Waals surface area contributed by atoms with Crippen molar-refractivity contribution in [2.75, 3.05) is 13.2 Å². The number of furan rings is 1. The van der Waals surface area contributed by atoms with Crippen LogP contribution in [0.25, 0.3) is 0 Å². The number of nitrogens with one attached hydrogen (secondary N) is 1. The molecule has 96 valence electrons. The van der Waals surface area contributed by atoms with E-state index in [0.717, 1.165) is 47.4 Å². The highest BCUT2D eigenvalue weighted by molar-refractivity contribution is 9.13. The van der Waals surface area contributed by atoms with Crippen LogP contribution in [0.4, 0.5) is 0 Å². The highest BCUT2D eigenvalue weighted by Crippen LogP contribution is 2.27. The molecule has 0 saturated carbocycles. The van der Waals surface area contributed by atoms with Crippen LogP contribution in [0.1, 0.15) is 25.5 Å². The molecule has 17 heavy (non-hydrogen) atoms. The highest BCUT2D eigenvalue weighted by Gasteiger charge is 2.26. The molecule has 2 unspecified atom stereocenters. The summed E-state index contributed by atoms with van der Waals surface area (Å²) in [7, 11) is 0. The summed E-state index contributed by atoms with van der Waals surface area (Å²) < 4.78 is 12.9. The molecule has 1 aliphatic rings. The molecule has 1 saturated heterocycles. The highest BCUT2D eigenvalue weighted by atomic mass is 79.9. The number of halogens is 2. The van der Waals surface area contributed by atoms with E-state index in [1.54, 1.807) is 0 Å². The first-order valence-electron chi connectivity index (χ1n) is 5.96. The van der Waals surface area contributed by atoms with Gasteiger partial charge in [-0.3, -0.25) is 0 Å². The summed E-state index contributed by atoms with van der Waals surface area (Å²) in [6.45, 7) is 4.85. The van der Waals surface area contributed by atoms with Gasteiger partial charge in [-0.05, 0) is 56.7 Å². The second-order valence-electron chi connectivity index (χ2n) is 4.33. The molecule has 2 atom stereocenters. The summed E-state index contributed by atoms with van der Waals surface area (Å²) >= 11 is 6.74. The molecular weight excluding hydrogens is 350 g/mol. The van der Waals surface area contributed by atoms with Gasteiger partial charge in [0.15, 0.2) is 4.67 Å². The summed E-state index contributed by atoms with van der Waals surface area (Å²) in [4.78, 5) is 0. The minimum absolute atomic E-state index is 0.428. The zero-order valence-electron chi connectivity index (χ0n) is 9.84. The van der Waals surface area contributed by atoms with Crippen LogP contribution in [0, 0.1) is 5.92 Å². The monoisotopic (exact) mass is 365 g/mol. The van der Waals surface area contributed by atoms with Crippen molar-refractivity contribution in [3.63, 3.8) is 0 Å². The van der Waals surface area contributed by atoms with Crippen molar-refractivity contribution < 1.29 is 9.15 Å². The van der Waals surface area contributed by atoms with Gasteiger partial charge in [-0.25, -0.2) is 0 Å². The van der Waals surface area contributed by atoms with Crippen LogP contribution in [0.15, 0.2) is 19.6 Å². The average molecular weight is 367 g/mol. The van der Waals surface area contributed by atoms with E-state index >= 15 is 0 Å². The van der Waals surface area contributed by atoms with Crippen LogP contribution < -0.4 is 5.32 Å². The molecule has 0 amide bonds. The molecule has 0 radical (unpaired) electrons. The van der Waals surface area contributed by atoms with E-state index in [9.17, 15) is 0 Å². The Morgan fingerprint density at radius 2 is 2.29 bits per heavy atom. The molecule has 2 heterocycles. The Hall–Kier alpha value is 0.160. The molecule has 1 aliphatic heterocycles. The molecule has 0 aromatic carbocycles. The molecule has 1 aromatic heterocycles. The summed E-state index contributed by atoms with van der Waals surface area (Å²) in [6, 6.07) is 1.99. The lowest BCUT2D eigenvalue weighted by molar-refractivity contribution is 0.0871. The van der Waals surface area contributed by atoms with Gasteiger partial charge in [0.25, 0.3) is 0 Å². The third-order valence-electron chi connectivity index (χ3n) is 3.15. The maximum absolute atomic E-state index is 5.66. The predicted molar refractivity (Wildman–Crippen MR) is 74.0 cm³/mol. The van der Waals surface area contributed by atoms with Gasteiger partial charge >= 0.3 is 0 Å². The van der Waals surface area contributed by atoms with E-state index in [2.05, 4.69) is 44.1 Å². The van der Waals surface area contributed by atoms with Crippen LogP contribution in [-0.4, -0.2) is 19.3 Å². The van der Waals surface area contributed by atoms with Crippen molar-refractivity contribution >= 4 is 31.9 Å². The van der Waals surface area contributed by atoms with Crippen molar-refractivity contribution in [2.45, 2.75) is 32.4 Å². The lowest BCUT2D eigenvalue weighted by Crippen LogP contribution is -2.27. The van der Waals surface area contributed by atoms with Gasteiger partial charge in [0.05, 0.1) is 17.1 Å². The van der Waals surface area contributed by atoms with Gasteiger partial charge in [-0.15, -0.1) is 0 Å². The number of rotatable bonds is 5. The zero-order chi connectivity index (χ0) is 12.3. The smallest absolute Gasteiger partial charge is 0.183 e. The van der Waals surface area contributed by atoms with Gasteiger partial charge in [0.2, 0.25) is 0 Å². The lowest BCUT2D eigenvalue weighted by Gasteiger charge is -2.16. The number of ether oxygens (including phenoxy) is 1. The van der Waals surface area contributed by atoms with Crippen molar-refractivity contribution in [1.29, 1.82) is 0 Å². The quantitative estimate of drug-likeness (QED) is 0.862. The molecule has 1 fully saturated rings. The lowest BCUT2D eigenvalue weighted by atomic mass is 10.00. The molecule has 5 heteroatoms. The number of hydrogen-bond acceptors (Lipinski definition) is 3. The van der Waals surface area contributed by atoms with E-state index < -0.39 is 0 Å². The zero-order valence-corrected chi connectivity index (χ0v) is 13.0. The minimum Gasteiger partial charge on any atom is -0.452 e. The Balaban J connectivity index is 1.75. The van der Waals surface area contributed by atoms with Crippen molar-refractivity contribution in [1.82, 2.24) is 5.32 Å². The van der Waals surface area contributed by atoms with E-state index in [-0.39, 0.29) is 0 Å². The molecule has 0 aliphatic carbocycles. The van der Waals surface area contributed by atoms with Gasteiger partial charge in [-0.1, -0.05) is 6.92 Å². The average Bonchev–Trinajstić information content (AvgIpc) is 2.87. The van der Waals surface area contributed by atoms with Gasteiger partial charge in [0, 0.05) is 13.2 Å². The van der Waals surface area contributed by atoms with Crippen LogP contribution in [0.3, 0.4) is 0 Å². The molecule has 2 rings (SSSR count). The van der Waals surface area contributed by atoms with Gasteiger partial charge in [-0.2, -0.15) is 0 Å². The fraction of sp³-hybridized carbons (Fsp3) is 0.667. The summed E-state index contributed by atoms with van der Waals surface area (Å²) in [6.07, 6.45) is 2.69. The predicted octanol–water partition coefficient (Wildman–Crippen LogP) is 3.71. The Morgan fingerprint density at radius 3 is 2.94 bits per heavy atom. The number of hydrogen-bond donors (Lipinski definition) is 1. The first-order chi connectivity index (χ1) is 8.20. The second-order valence-corrected chi connectivity index (χ2v) is 5.91. The van der Waals surface area contributed by atoms with Crippen molar-refractivity contribution in [2.24, 2.45) is 5.92 Å². The third kappa shape index (κ3) is 3.56. The van der Waals surface area contributed by atoms with Crippen LogP contribution in [0.5, 0.6) is 0 Å². The van der Waals surface area contributed by atoms with E-state index in [4.69, 9.17) is 9.15 Å². The summed E-state index contributed by atoms with van der Waals surface area (Å²) in [5.74, 6) is 1.58. The van der Waals surface area contributed by atoms with Crippen molar-refractivity contribution in [3.8, 4) is 0 Å². The SMILES string of the molecule is CCC1OCCC1CNCc1cc(Br)c(Br)o1. The minimum atomic E-state index is 0.428.